The third-order valence-corrected chi connectivity index (χ3v) is 5.13. The summed E-state index contributed by atoms with van der Waals surface area (Å²) in [7, 11) is 1.66. The summed E-state index contributed by atoms with van der Waals surface area (Å²) < 4.78 is 5.50. The van der Waals surface area contributed by atoms with Gasteiger partial charge in [0.15, 0.2) is 6.10 Å². The first kappa shape index (κ1) is 21.1. The largest absolute Gasteiger partial charge is 0.449 e. The minimum atomic E-state index is -0.920. The number of carbonyl (C=O) groups excluding carboxylic acids is 2. The van der Waals surface area contributed by atoms with Gasteiger partial charge in [-0.1, -0.05) is 42.5 Å². The summed E-state index contributed by atoms with van der Waals surface area (Å²) in [5.74, 6) is -0.847. The lowest BCUT2D eigenvalue weighted by Crippen LogP contribution is -2.37. The molecule has 0 saturated carbocycles. The Kier molecular flexibility index (Phi) is 6.52. The number of benzene rings is 3. The quantitative estimate of drug-likeness (QED) is 0.572. The van der Waals surface area contributed by atoms with Gasteiger partial charge in [0.25, 0.3) is 5.91 Å². The van der Waals surface area contributed by atoms with Crippen LogP contribution in [0.5, 0.6) is 0 Å². The fraction of sp³-hybridized carbons (Fsp3) is 0.200. The van der Waals surface area contributed by atoms with Gasteiger partial charge in [-0.25, -0.2) is 4.79 Å². The number of rotatable bonds is 6. The van der Waals surface area contributed by atoms with Gasteiger partial charge in [0.05, 0.1) is 11.3 Å². The summed E-state index contributed by atoms with van der Waals surface area (Å²) in [5.41, 5.74) is 4.93. The fourth-order valence-corrected chi connectivity index (χ4v) is 3.13. The van der Waals surface area contributed by atoms with E-state index in [0.29, 0.717) is 11.3 Å². The first-order valence-corrected chi connectivity index (χ1v) is 9.84. The monoisotopic (exact) mass is 402 g/mol. The summed E-state index contributed by atoms with van der Waals surface area (Å²) in [6.07, 6.45) is -0.920. The van der Waals surface area contributed by atoms with Crippen molar-refractivity contribution < 1.29 is 14.3 Å². The zero-order valence-electron chi connectivity index (χ0n) is 17.7. The van der Waals surface area contributed by atoms with Crippen molar-refractivity contribution >= 4 is 28.9 Å². The molecule has 3 rings (SSSR count). The molecule has 0 unspecified atom stereocenters. The van der Waals surface area contributed by atoms with Crippen molar-refractivity contribution in [3.63, 3.8) is 0 Å². The molecule has 1 amide bonds. The highest BCUT2D eigenvalue weighted by Gasteiger charge is 2.24. The van der Waals surface area contributed by atoms with E-state index in [1.807, 2.05) is 74.5 Å². The Bertz CT molecular complexity index is 1050. The molecule has 3 aromatic carbocycles. The van der Waals surface area contributed by atoms with Gasteiger partial charge in [0.2, 0.25) is 0 Å². The maximum atomic E-state index is 12.8. The van der Waals surface area contributed by atoms with E-state index in [4.69, 9.17) is 4.74 Å². The molecular weight excluding hydrogens is 376 g/mol. The number of aryl methyl sites for hydroxylation is 1. The lowest BCUT2D eigenvalue weighted by atomic mass is 10.1. The van der Waals surface area contributed by atoms with Crippen LogP contribution in [0.3, 0.4) is 0 Å². The Morgan fingerprint density at radius 1 is 0.867 bits per heavy atom. The Balaban J connectivity index is 1.76. The number of nitrogens with one attached hydrogen (secondary N) is 1. The number of ether oxygens (including phenoxy) is 1. The lowest BCUT2D eigenvalue weighted by molar-refractivity contribution is -0.126. The van der Waals surface area contributed by atoms with E-state index in [1.165, 1.54) is 4.90 Å². The highest BCUT2D eigenvalue weighted by molar-refractivity contribution is 6.01. The molecule has 1 N–H and O–H groups in total. The molecule has 5 heteroatoms. The maximum absolute atomic E-state index is 12.8. The summed E-state index contributed by atoms with van der Waals surface area (Å²) in [6.45, 7) is 5.65. The van der Waals surface area contributed by atoms with Gasteiger partial charge >= 0.3 is 5.97 Å². The highest BCUT2D eigenvalue weighted by atomic mass is 16.5. The summed E-state index contributed by atoms with van der Waals surface area (Å²) in [4.78, 5) is 27.0. The van der Waals surface area contributed by atoms with Gasteiger partial charge in [-0.3, -0.25) is 4.79 Å². The lowest BCUT2D eigenvalue weighted by Gasteiger charge is -2.22. The van der Waals surface area contributed by atoms with E-state index in [2.05, 4.69) is 5.32 Å². The molecule has 0 bridgehead atoms. The maximum Gasteiger partial charge on any atom is 0.341 e. The zero-order valence-corrected chi connectivity index (χ0v) is 17.7. The molecule has 0 spiro atoms. The molecule has 30 heavy (non-hydrogen) atoms. The topological polar surface area (TPSA) is 58.6 Å². The smallest absolute Gasteiger partial charge is 0.341 e. The summed E-state index contributed by atoms with van der Waals surface area (Å²) in [6, 6.07) is 22.3. The van der Waals surface area contributed by atoms with E-state index in [9.17, 15) is 9.59 Å². The molecule has 0 heterocycles. The first-order valence-electron chi connectivity index (χ1n) is 9.84. The average Bonchev–Trinajstić information content (AvgIpc) is 2.76. The first-order chi connectivity index (χ1) is 14.4. The van der Waals surface area contributed by atoms with Crippen molar-refractivity contribution in [2.24, 2.45) is 0 Å². The molecule has 0 saturated heterocycles. The minimum Gasteiger partial charge on any atom is -0.449 e. The molecule has 154 valence electrons. The van der Waals surface area contributed by atoms with Crippen LogP contribution in [-0.4, -0.2) is 25.0 Å². The number of hydrogen-bond acceptors (Lipinski definition) is 4. The van der Waals surface area contributed by atoms with Crippen molar-refractivity contribution in [1.82, 2.24) is 0 Å². The van der Waals surface area contributed by atoms with Gasteiger partial charge < -0.3 is 15.0 Å². The highest BCUT2D eigenvalue weighted by Crippen LogP contribution is 2.26. The number of esters is 1. The van der Waals surface area contributed by atoms with Gasteiger partial charge in [0.1, 0.15) is 0 Å². The van der Waals surface area contributed by atoms with Crippen LogP contribution in [0.4, 0.5) is 17.1 Å². The van der Waals surface area contributed by atoms with Crippen LogP contribution in [0.15, 0.2) is 72.8 Å². The van der Waals surface area contributed by atoms with E-state index in [1.54, 1.807) is 26.1 Å². The van der Waals surface area contributed by atoms with Crippen LogP contribution in [0.1, 0.15) is 28.4 Å². The second-order valence-electron chi connectivity index (χ2n) is 7.20. The van der Waals surface area contributed by atoms with Gasteiger partial charge in [-0.05, 0) is 62.2 Å². The molecule has 0 aliphatic rings. The Labute approximate surface area is 177 Å². The molecule has 0 aliphatic carbocycles. The number of nitrogens with zero attached hydrogens (tertiary/aromatic N) is 1. The SMILES string of the molecule is Cc1cccc(Nc2ccccc2C(=O)O[C@@H](C)C(=O)N(C)c2ccccc2)c1C. The third kappa shape index (κ3) is 4.69. The number of carbonyl (C=O) groups is 2. The molecule has 0 aromatic heterocycles. The number of likely N-dealkylation sites (N-methyl/N-ethyl adjacent to an activating group) is 1. The van der Waals surface area contributed by atoms with E-state index in [0.717, 1.165) is 22.5 Å². The van der Waals surface area contributed by atoms with Crippen molar-refractivity contribution in [2.75, 3.05) is 17.3 Å². The van der Waals surface area contributed by atoms with Crippen molar-refractivity contribution in [3.05, 3.63) is 89.5 Å². The van der Waals surface area contributed by atoms with Crippen LogP contribution in [-0.2, 0) is 9.53 Å². The average molecular weight is 402 g/mol. The number of anilines is 3. The van der Waals surface area contributed by atoms with Gasteiger partial charge in [-0.2, -0.15) is 0 Å². The normalized spacial score (nSPS) is 11.5. The molecule has 0 radical (unpaired) electrons. The third-order valence-electron chi connectivity index (χ3n) is 5.13. The molecule has 0 aliphatic heterocycles. The second-order valence-corrected chi connectivity index (χ2v) is 7.20. The summed E-state index contributed by atoms with van der Waals surface area (Å²) in [5, 5.41) is 3.32. The van der Waals surface area contributed by atoms with Crippen LogP contribution < -0.4 is 10.2 Å². The molecular formula is C25H26N2O3. The predicted molar refractivity (Wildman–Crippen MR) is 120 cm³/mol. The predicted octanol–water partition coefficient (Wildman–Crippen LogP) is 5.26. The Hall–Kier alpha value is -3.60. The Morgan fingerprint density at radius 2 is 1.50 bits per heavy atom. The van der Waals surface area contributed by atoms with Crippen LogP contribution in [0.2, 0.25) is 0 Å². The van der Waals surface area contributed by atoms with Crippen molar-refractivity contribution in [3.8, 4) is 0 Å². The van der Waals surface area contributed by atoms with Gasteiger partial charge in [-0.15, -0.1) is 0 Å². The zero-order chi connectivity index (χ0) is 21.7. The summed E-state index contributed by atoms with van der Waals surface area (Å²) >= 11 is 0. The van der Waals surface area contributed by atoms with Crippen LogP contribution >= 0.6 is 0 Å². The number of hydrogen-bond donors (Lipinski definition) is 1. The molecule has 1 atom stereocenters. The van der Waals surface area contributed by atoms with E-state index in [-0.39, 0.29) is 5.91 Å². The van der Waals surface area contributed by atoms with Crippen LogP contribution in [0.25, 0.3) is 0 Å². The molecule has 0 fully saturated rings. The van der Waals surface area contributed by atoms with E-state index >= 15 is 0 Å². The Morgan fingerprint density at radius 3 is 2.23 bits per heavy atom. The second kappa shape index (κ2) is 9.27. The van der Waals surface area contributed by atoms with Crippen molar-refractivity contribution in [1.29, 1.82) is 0 Å². The fourth-order valence-electron chi connectivity index (χ4n) is 3.13. The van der Waals surface area contributed by atoms with E-state index < -0.39 is 12.1 Å². The molecule has 3 aromatic rings. The minimum absolute atomic E-state index is 0.297. The molecule has 5 nitrogen and oxygen atoms in total. The number of amides is 1. The van der Waals surface area contributed by atoms with Gasteiger partial charge in [0, 0.05) is 18.4 Å². The standard InChI is InChI=1S/C25H26N2O3/c1-17-11-10-16-22(18(17)2)26-23-15-9-8-14-21(23)25(29)30-19(3)24(28)27(4)20-12-6-5-7-13-20/h5-16,19,26H,1-4H3/t19-/m0/s1. The van der Waals surface area contributed by atoms with Crippen LogP contribution in [0, 0.1) is 13.8 Å². The number of para-hydroxylation sites is 2. The van der Waals surface area contributed by atoms with Crippen molar-refractivity contribution in [2.45, 2.75) is 26.9 Å².